The zero-order chi connectivity index (χ0) is 16.0. The summed E-state index contributed by atoms with van der Waals surface area (Å²) in [6.07, 6.45) is 0.0981. The number of rotatable bonds is 8. The number of benzene rings is 1. The molecule has 0 aliphatic rings. The molecule has 0 fully saturated rings. The third kappa shape index (κ3) is 5.07. The number of ether oxygens (including phenoxy) is 1. The molecule has 1 unspecified atom stereocenters. The fourth-order valence-corrected chi connectivity index (χ4v) is 3.04. The van der Waals surface area contributed by atoms with E-state index in [2.05, 4.69) is 5.32 Å². The molecule has 1 aromatic carbocycles. The number of hydrogen-bond acceptors (Lipinski definition) is 4. The Balaban J connectivity index is 2.86. The molecule has 0 heterocycles. The van der Waals surface area contributed by atoms with Gasteiger partial charge < -0.3 is 10.1 Å². The van der Waals surface area contributed by atoms with Gasteiger partial charge in [-0.25, -0.2) is 8.42 Å². The summed E-state index contributed by atoms with van der Waals surface area (Å²) in [5, 5.41) is 3.11. The molecule has 0 bridgehead atoms. The van der Waals surface area contributed by atoms with Crippen molar-refractivity contribution in [2.24, 2.45) is 0 Å². The summed E-state index contributed by atoms with van der Waals surface area (Å²) in [7, 11) is -0.0506. The molecule has 0 aliphatic heterocycles. The van der Waals surface area contributed by atoms with Gasteiger partial charge in [0.05, 0.1) is 17.6 Å². The lowest BCUT2D eigenvalue weighted by Gasteiger charge is -2.19. The second kappa shape index (κ2) is 7.89. The number of sulfonamides is 1. The maximum Gasteiger partial charge on any atom is 0.242 e. The van der Waals surface area contributed by atoms with Crippen molar-refractivity contribution in [1.29, 1.82) is 0 Å². The lowest BCUT2D eigenvalue weighted by molar-refractivity contribution is 0.0737. The Morgan fingerprint density at radius 2 is 1.95 bits per heavy atom. The maximum atomic E-state index is 12.5. The number of nitrogens with zero attached hydrogens (tertiary/aromatic N) is 1. The molecule has 0 amide bonds. The standard InChI is InChI=1S/C15H26N2O3S/c1-12(2)20-10-9-17(5)21(18,19)15-8-6-7-14(11-15)13(3)16-4/h6-8,11-13,16H,9-10H2,1-5H3. The predicted octanol–water partition coefficient (Wildman–Crippen LogP) is 2.01. The summed E-state index contributed by atoms with van der Waals surface area (Å²) in [5.74, 6) is 0. The van der Waals surface area contributed by atoms with E-state index in [1.54, 1.807) is 25.2 Å². The average molecular weight is 314 g/mol. The topological polar surface area (TPSA) is 58.6 Å². The van der Waals surface area contributed by atoms with Gasteiger partial charge in [-0.05, 0) is 45.5 Å². The third-order valence-corrected chi connectivity index (χ3v) is 5.21. The molecule has 0 spiro atoms. The van der Waals surface area contributed by atoms with Gasteiger partial charge in [0.15, 0.2) is 0 Å². The van der Waals surface area contributed by atoms with Crippen molar-refractivity contribution in [3.8, 4) is 0 Å². The van der Waals surface area contributed by atoms with E-state index in [1.807, 2.05) is 33.9 Å². The minimum atomic E-state index is -3.48. The van der Waals surface area contributed by atoms with E-state index in [9.17, 15) is 8.42 Å². The fraction of sp³-hybridized carbons (Fsp3) is 0.600. The molecule has 0 saturated heterocycles. The van der Waals surface area contributed by atoms with Crippen LogP contribution in [0.15, 0.2) is 29.2 Å². The van der Waals surface area contributed by atoms with Crippen molar-refractivity contribution in [2.45, 2.75) is 37.8 Å². The summed E-state index contributed by atoms with van der Waals surface area (Å²) < 4.78 is 31.8. The Labute approximate surface area is 128 Å². The van der Waals surface area contributed by atoms with Crippen LogP contribution in [0.1, 0.15) is 32.4 Å². The van der Waals surface area contributed by atoms with Gasteiger partial charge >= 0.3 is 0 Å². The summed E-state index contributed by atoms with van der Waals surface area (Å²) in [6, 6.07) is 7.14. The van der Waals surface area contributed by atoms with Crippen LogP contribution in [0, 0.1) is 0 Å². The molecule has 21 heavy (non-hydrogen) atoms. The number of hydrogen-bond donors (Lipinski definition) is 1. The van der Waals surface area contributed by atoms with Crippen LogP contribution in [-0.2, 0) is 14.8 Å². The lowest BCUT2D eigenvalue weighted by Crippen LogP contribution is -2.31. The molecule has 1 rings (SSSR count). The Kier molecular flexibility index (Phi) is 6.80. The van der Waals surface area contributed by atoms with Gasteiger partial charge in [-0.15, -0.1) is 0 Å². The summed E-state index contributed by atoms with van der Waals surface area (Å²) >= 11 is 0. The molecule has 0 aromatic heterocycles. The van der Waals surface area contributed by atoms with Gasteiger partial charge in [-0.2, -0.15) is 4.31 Å². The fourth-order valence-electron chi connectivity index (χ4n) is 1.83. The van der Waals surface area contributed by atoms with Crippen LogP contribution in [0.4, 0.5) is 0 Å². The second-order valence-corrected chi connectivity index (χ2v) is 7.37. The summed E-state index contributed by atoms with van der Waals surface area (Å²) in [4.78, 5) is 0.314. The first-order valence-electron chi connectivity index (χ1n) is 7.14. The van der Waals surface area contributed by atoms with E-state index < -0.39 is 10.0 Å². The Hall–Kier alpha value is -0.950. The number of likely N-dealkylation sites (N-methyl/N-ethyl adjacent to an activating group) is 1. The van der Waals surface area contributed by atoms with Crippen LogP contribution in [0.5, 0.6) is 0 Å². The monoisotopic (exact) mass is 314 g/mol. The third-order valence-electron chi connectivity index (χ3n) is 3.36. The summed E-state index contributed by atoms with van der Waals surface area (Å²) in [5.41, 5.74) is 0.949. The van der Waals surface area contributed by atoms with Crippen molar-refractivity contribution in [1.82, 2.24) is 9.62 Å². The van der Waals surface area contributed by atoms with Gasteiger partial charge in [0.2, 0.25) is 10.0 Å². The molecule has 1 atom stereocenters. The van der Waals surface area contributed by atoms with Crippen LogP contribution >= 0.6 is 0 Å². The smallest absolute Gasteiger partial charge is 0.242 e. The highest BCUT2D eigenvalue weighted by Gasteiger charge is 2.21. The van der Waals surface area contributed by atoms with Crippen LogP contribution in [0.25, 0.3) is 0 Å². The van der Waals surface area contributed by atoms with E-state index in [0.29, 0.717) is 18.0 Å². The molecule has 0 radical (unpaired) electrons. The molecular formula is C15H26N2O3S. The first-order chi connectivity index (χ1) is 9.78. The van der Waals surface area contributed by atoms with Crippen molar-refractivity contribution < 1.29 is 13.2 Å². The molecular weight excluding hydrogens is 288 g/mol. The van der Waals surface area contributed by atoms with Gasteiger partial charge in [0, 0.05) is 19.6 Å². The van der Waals surface area contributed by atoms with Crippen LogP contribution in [0.3, 0.4) is 0 Å². The van der Waals surface area contributed by atoms with Gasteiger partial charge in [0.1, 0.15) is 0 Å². The molecule has 120 valence electrons. The van der Waals surface area contributed by atoms with Crippen molar-refractivity contribution in [2.75, 3.05) is 27.2 Å². The van der Waals surface area contributed by atoms with Crippen molar-refractivity contribution in [3.05, 3.63) is 29.8 Å². The zero-order valence-electron chi connectivity index (χ0n) is 13.5. The Morgan fingerprint density at radius 1 is 1.29 bits per heavy atom. The molecule has 0 aliphatic carbocycles. The first kappa shape index (κ1) is 18.1. The summed E-state index contributed by atoms with van der Waals surface area (Å²) in [6.45, 7) is 6.58. The highest BCUT2D eigenvalue weighted by atomic mass is 32.2. The molecule has 6 heteroatoms. The minimum absolute atomic E-state index is 0.0981. The van der Waals surface area contributed by atoms with Crippen LogP contribution in [-0.4, -0.2) is 46.1 Å². The average Bonchev–Trinajstić information content (AvgIpc) is 2.46. The van der Waals surface area contributed by atoms with Gasteiger partial charge in [-0.3, -0.25) is 0 Å². The lowest BCUT2D eigenvalue weighted by atomic mass is 10.1. The predicted molar refractivity (Wildman–Crippen MR) is 84.8 cm³/mol. The normalized spacial score (nSPS) is 13.9. The number of nitrogens with one attached hydrogen (secondary N) is 1. The highest BCUT2D eigenvalue weighted by molar-refractivity contribution is 7.89. The minimum Gasteiger partial charge on any atom is -0.377 e. The maximum absolute atomic E-state index is 12.5. The van der Waals surface area contributed by atoms with Gasteiger partial charge in [0.25, 0.3) is 0 Å². The quantitative estimate of drug-likeness (QED) is 0.797. The SMILES string of the molecule is CNC(C)c1cccc(S(=O)(=O)N(C)CCOC(C)C)c1. The van der Waals surface area contributed by atoms with E-state index in [0.717, 1.165) is 5.56 Å². The molecule has 5 nitrogen and oxygen atoms in total. The van der Waals surface area contributed by atoms with Crippen LogP contribution in [0.2, 0.25) is 0 Å². The first-order valence-corrected chi connectivity index (χ1v) is 8.58. The van der Waals surface area contributed by atoms with Crippen molar-refractivity contribution in [3.63, 3.8) is 0 Å². The van der Waals surface area contributed by atoms with Gasteiger partial charge in [-0.1, -0.05) is 12.1 Å². The molecule has 1 N–H and O–H groups in total. The Bertz CT molecular complexity index is 544. The Morgan fingerprint density at radius 3 is 2.52 bits per heavy atom. The van der Waals surface area contributed by atoms with E-state index in [-0.39, 0.29) is 12.1 Å². The zero-order valence-corrected chi connectivity index (χ0v) is 14.3. The van der Waals surface area contributed by atoms with Crippen LogP contribution < -0.4 is 5.32 Å². The van der Waals surface area contributed by atoms with E-state index in [1.165, 1.54) is 4.31 Å². The van der Waals surface area contributed by atoms with E-state index in [4.69, 9.17) is 4.74 Å². The largest absolute Gasteiger partial charge is 0.377 e. The highest BCUT2D eigenvalue weighted by Crippen LogP contribution is 2.19. The molecule has 0 saturated carbocycles. The van der Waals surface area contributed by atoms with E-state index >= 15 is 0 Å². The molecule has 1 aromatic rings. The van der Waals surface area contributed by atoms with Crippen molar-refractivity contribution >= 4 is 10.0 Å². The second-order valence-electron chi connectivity index (χ2n) is 5.33.